The fourth-order valence-corrected chi connectivity index (χ4v) is 1.03. The van der Waals surface area contributed by atoms with Gasteiger partial charge in [0.05, 0.1) is 5.02 Å². The molecule has 10 heavy (non-hydrogen) atoms. The molecule has 0 aliphatic carbocycles. The van der Waals surface area contributed by atoms with Crippen LogP contribution in [0.5, 0.6) is 0 Å². The van der Waals surface area contributed by atoms with Crippen LogP contribution in [-0.2, 0) is 5.33 Å². The summed E-state index contributed by atoms with van der Waals surface area (Å²) in [6.07, 6.45) is 1.44. The molecule has 0 amide bonds. The second kappa shape index (κ2) is 3.30. The summed E-state index contributed by atoms with van der Waals surface area (Å²) in [5, 5.41) is 0.706. The van der Waals surface area contributed by atoms with Gasteiger partial charge in [-0.15, -0.1) is 0 Å². The first-order chi connectivity index (χ1) is 4.74. The van der Waals surface area contributed by atoms with Crippen molar-refractivity contribution >= 4 is 27.5 Å². The van der Waals surface area contributed by atoms with E-state index in [1.807, 2.05) is 0 Å². The number of halogens is 3. The molecule has 54 valence electrons. The van der Waals surface area contributed by atoms with Gasteiger partial charge in [0.25, 0.3) is 0 Å². The van der Waals surface area contributed by atoms with Crippen molar-refractivity contribution in [2.75, 3.05) is 0 Å². The molecule has 1 aromatic rings. The highest BCUT2D eigenvalue weighted by molar-refractivity contribution is 9.08. The van der Waals surface area contributed by atoms with Crippen molar-refractivity contribution in [1.82, 2.24) is 4.98 Å². The van der Waals surface area contributed by atoms with Crippen LogP contribution in [0.25, 0.3) is 0 Å². The first-order valence-corrected chi connectivity index (χ1v) is 4.10. The van der Waals surface area contributed by atoms with E-state index in [0.717, 1.165) is 5.56 Å². The van der Waals surface area contributed by atoms with Gasteiger partial charge >= 0.3 is 0 Å². The first kappa shape index (κ1) is 7.95. The Morgan fingerprint density at radius 1 is 1.70 bits per heavy atom. The molecule has 0 saturated heterocycles. The van der Waals surface area contributed by atoms with E-state index < -0.39 is 5.95 Å². The highest BCUT2D eigenvalue weighted by Gasteiger charge is 1.99. The number of aromatic nitrogens is 1. The van der Waals surface area contributed by atoms with Crippen molar-refractivity contribution in [1.29, 1.82) is 0 Å². The monoisotopic (exact) mass is 223 g/mol. The molecule has 0 N–H and O–H groups in total. The van der Waals surface area contributed by atoms with Crippen molar-refractivity contribution in [3.8, 4) is 0 Å². The van der Waals surface area contributed by atoms with Crippen LogP contribution in [0, 0.1) is 5.95 Å². The molecule has 0 aliphatic rings. The summed E-state index contributed by atoms with van der Waals surface area (Å²) in [6.45, 7) is 0. The Labute approximate surface area is 71.4 Å². The lowest BCUT2D eigenvalue weighted by molar-refractivity contribution is 0.583. The van der Waals surface area contributed by atoms with Crippen LogP contribution in [0.1, 0.15) is 5.56 Å². The van der Waals surface area contributed by atoms with E-state index in [2.05, 4.69) is 20.9 Å². The number of nitrogens with zero attached hydrogens (tertiary/aromatic N) is 1. The average molecular weight is 224 g/mol. The van der Waals surface area contributed by atoms with Gasteiger partial charge in [-0.3, -0.25) is 0 Å². The molecule has 4 heteroatoms. The van der Waals surface area contributed by atoms with E-state index in [0.29, 0.717) is 5.33 Å². The lowest BCUT2D eigenvalue weighted by Gasteiger charge is -1.94. The molecule has 0 bridgehead atoms. The molecule has 1 heterocycles. The number of alkyl halides is 1. The Hall–Kier alpha value is -0.150. The van der Waals surface area contributed by atoms with Gasteiger partial charge in [-0.2, -0.15) is 4.39 Å². The minimum atomic E-state index is -0.619. The lowest BCUT2D eigenvalue weighted by Crippen LogP contribution is -1.86. The summed E-state index contributed by atoms with van der Waals surface area (Å²) < 4.78 is 12.4. The molecule has 0 unspecified atom stereocenters. The largest absolute Gasteiger partial charge is 0.231 e. The third kappa shape index (κ3) is 1.67. The van der Waals surface area contributed by atoms with Crippen molar-refractivity contribution in [2.24, 2.45) is 0 Å². The van der Waals surface area contributed by atoms with Gasteiger partial charge in [-0.1, -0.05) is 27.5 Å². The smallest absolute Gasteiger partial charge is 0.227 e. The van der Waals surface area contributed by atoms with E-state index in [1.54, 1.807) is 6.07 Å². The summed E-state index contributed by atoms with van der Waals surface area (Å²) in [5.74, 6) is -0.619. The Morgan fingerprint density at radius 2 is 2.40 bits per heavy atom. The van der Waals surface area contributed by atoms with Crippen LogP contribution in [0.15, 0.2) is 12.3 Å². The molecule has 0 radical (unpaired) electrons. The number of pyridine rings is 1. The topological polar surface area (TPSA) is 12.9 Å². The molecule has 1 nitrogen and oxygen atoms in total. The fourth-order valence-electron chi connectivity index (χ4n) is 0.534. The zero-order valence-electron chi connectivity index (χ0n) is 4.94. The number of hydrogen-bond donors (Lipinski definition) is 0. The van der Waals surface area contributed by atoms with Crippen LogP contribution in [0.3, 0.4) is 0 Å². The quantitative estimate of drug-likeness (QED) is 0.528. The van der Waals surface area contributed by atoms with Gasteiger partial charge in [-0.25, -0.2) is 4.98 Å². The summed E-state index contributed by atoms with van der Waals surface area (Å²) in [4.78, 5) is 3.42. The van der Waals surface area contributed by atoms with Crippen LogP contribution in [0.2, 0.25) is 5.02 Å². The third-order valence-corrected chi connectivity index (χ3v) is 1.92. The maximum atomic E-state index is 12.4. The minimum absolute atomic E-state index is 0.0666. The normalized spacial score (nSPS) is 9.90. The van der Waals surface area contributed by atoms with Crippen molar-refractivity contribution in [2.45, 2.75) is 5.33 Å². The standard InChI is InChI=1S/C6H4BrClFN/c7-2-4-1-5(8)6(9)10-3-4/h1,3H,2H2. The third-order valence-electron chi connectivity index (χ3n) is 1.01. The Morgan fingerprint density at radius 3 is 2.90 bits per heavy atom. The van der Waals surface area contributed by atoms with Gasteiger partial charge in [-0.05, 0) is 11.6 Å². The van der Waals surface area contributed by atoms with Crippen molar-refractivity contribution in [3.05, 3.63) is 28.8 Å². The molecular weight excluding hydrogens is 220 g/mol. The molecule has 0 aromatic carbocycles. The lowest BCUT2D eigenvalue weighted by atomic mass is 10.3. The Balaban J connectivity index is 3.04. The van der Waals surface area contributed by atoms with E-state index in [1.165, 1.54) is 6.20 Å². The molecular formula is C6H4BrClFN. The highest BCUT2D eigenvalue weighted by Crippen LogP contribution is 2.14. The zero-order valence-corrected chi connectivity index (χ0v) is 7.28. The van der Waals surface area contributed by atoms with Gasteiger partial charge in [0.2, 0.25) is 5.95 Å². The number of rotatable bonds is 1. The summed E-state index contributed by atoms with van der Waals surface area (Å²) in [7, 11) is 0. The molecule has 0 spiro atoms. The van der Waals surface area contributed by atoms with Gasteiger partial charge in [0.1, 0.15) is 0 Å². The van der Waals surface area contributed by atoms with Crippen LogP contribution in [-0.4, -0.2) is 4.98 Å². The Kier molecular flexibility index (Phi) is 2.63. The van der Waals surface area contributed by atoms with Gasteiger partial charge in [0.15, 0.2) is 0 Å². The fraction of sp³-hybridized carbons (Fsp3) is 0.167. The molecule has 1 aromatic heterocycles. The maximum Gasteiger partial charge on any atom is 0.231 e. The molecule has 0 atom stereocenters. The van der Waals surface area contributed by atoms with Gasteiger partial charge in [0, 0.05) is 11.5 Å². The summed E-state index contributed by atoms with van der Waals surface area (Å²) in [5.41, 5.74) is 0.867. The minimum Gasteiger partial charge on any atom is -0.227 e. The van der Waals surface area contributed by atoms with E-state index in [9.17, 15) is 4.39 Å². The van der Waals surface area contributed by atoms with Gasteiger partial charge < -0.3 is 0 Å². The maximum absolute atomic E-state index is 12.4. The SMILES string of the molecule is Fc1ncc(CBr)cc1Cl. The predicted octanol–water partition coefficient (Wildman–Crippen LogP) is 2.77. The van der Waals surface area contributed by atoms with Crippen molar-refractivity contribution < 1.29 is 4.39 Å². The van der Waals surface area contributed by atoms with E-state index >= 15 is 0 Å². The molecule has 0 fully saturated rings. The number of hydrogen-bond acceptors (Lipinski definition) is 1. The molecule has 0 aliphatic heterocycles. The van der Waals surface area contributed by atoms with Crippen LogP contribution < -0.4 is 0 Å². The van der Waals surface area contributed by atoms with Crippen molar-refractivity contribution in [3.63, 3.8) is 0 Å². The zero-order chi connectivity index (χ0) is 7.56. The summed E-state index contributed by atoms with van der Waals surface area (Å²) >= 11 is 8.63. The van der Waals surface area contributed by atoms with Crippen LogP contribution in [0.4, 0.5) is 4.39 Å². The second-order valence-corrected chi connectivity index (χ2v) is 2.72. The molecule has 1 rings (SSSR count). The molecule has 0 saturated carbocycles. The highest BCUT2D eigenvalue weighted by atomic mass is 79.9. The predicted molar refractivity (Wildman–Crippen MR) is 41.8 cm³/mol. The van der Waals surface area contributed by atoms with Crippen LogP contribution >= 0.6 is 27.5 Å². The average Bonchev–Trinajstić information content (AvgIpc) is 1.95. The van der Waals surface area contributed by atoms with E-state index in [4.69, 9.17) is 11.6 Å². The summed E-state index contributed by atoms with van der Waals surface area (Å²) in [6, 6.07) is 1.54. The first-order valence-electron chi connectivity index (χ1n) is 2.60. The Bertz CT molecular complexity index is 241. The van der Waals surface area contributed by atoms with E-state index in [-0.39, 0.29) is 5.02 Å². The second-order valence-electron chi connectivity index (χ2n) is 1.75.